The summed E-state index contributed by atoms with van der Waals surface area (Å²) >= 11 is 0. The molecular formula is C22H34O10. The summed E-state index contributed by atoms with van der Waals surface area (Å²) < 4.78 is 3.97. The highest BCUT2D eigenvalue weighted by Crippen LogP contribution is 2.52. The maximum absolute atomic E-state index is 9.92. The van der Waals surface area contributed by atoms with Crippen molar-refractivity contribution in [3.63, 3.8) is 0 Å². The third-order valence-corrected chi connectivity index (χ3v) is 5.77. The van der Waals surface area contributed by atoms with Crippen LogP contribution in [0.15, 0.2) is 36.5 Å². The third-order valence-electron chi connectivity index (χ3n) is 5.77. The third kappa shape index (κ3) is 8.21. The number of allylic oxidation sites excluding steroid dienone is 4. The molecular weight excluding hydrogens is 424 g/mol. The molecule has 1 saturated carbocycles. The van der Waals surface area contributed by atoms with E-state index in [1.54, 1.807) is 0 Å². The first kappa shape index (κ1) is 28.1. The van der Waals surface area contributed by atoms with Gasteiger partial charge in [-0.3, -0.25) is 0 Å². The van der Waals surface area contributed by atoms with Crippen molar-refractivity contribution in [2.75, 3.05) is 39.6 Å². The van der Waals surface area contributed by atoms with Gasteiger partial charge in [-0.15, -0.1) is 0 Å². The van der Waals surface area contributed by atoms with Gasteiger partial charge in [-0.25, -0.2) is 9.59 Å². The standard InChI is InChI=1S/C10H12.C5H12O4.C4H2O3.C3H8O3/c1-2-9-7-4-5-8(6-7)10(9)3-1;6-1-5(2-7,3-8)4-9;5-3-1-2-4(6)7-3;4-1-3(6)2-5/h1-2,4-5,7-10H,3,6H2;6-9H,1-4H2;1-2H;3-6H,1-2H2. The van der Waals surface area contributed by atoms with Crippen molar-refractivity contribution in [3.05, 3.63) is 36.5 Å². The largest absolute Gasteiger partial charge is 0.396 e. The topological polar surface area (TPSA) is 185 Å². The van der Waals surface area contributed by atoms with Gasteiger partial charge in [0.25, 0.3) is 0 Å². The molecule has 4 rings (SSSR count). The first-order chi connectivity index (χ1) is 15.3. The highest BCUT2D eigenvalue weighted by atomic mass is 16.6. The van der Waals surface area contributed by atoms with Crippen LogP contribution in [0.3, 0.4) is 0 Å². The van der Waals surface area contributed by atoms with Crippen LogP contribution in [-0.4, -0.2) is 93.4 Å². The van der Waals surface area contributed by atoms with E-state index >= 15 is 0 Å². The number of hydrogen-bond acceptors (Lipinski definition) is 10. The SMILES string of the molecule is C1=CC2C3C=CC(C3)C2C1.O=C1C=CC(=O)O1.OCC(CO)(CO)CO.OCC(O)CO. The molecule has 10 nitrogen and oxygen atoms in total. The summed E-state index contributed by atoms with van der Waals surface area (Å²) in [4.78, 5) is 19.8. The minimum Gasteiger partial charge on any atom is -0.396 e. The lowest BCUT2D eigenvalue weighted by molar-refractivity contribution is -0.150. The van der Waals surface area contributed by atoms with Crippen molar-refractivity contribution in [2.24, 2.45) is 29.1 Å². The van der Waals surface area contributed by atoms with Gasteiger partial charge in [0.1, 0.15) is 6.10 Å². The molecule has 10 heteroatoms. The molecule has 7 N–H and O–H groups in total. The Morgan fingerprint density at radius 3 is 1.66 bits per heavy atom. The van der Waals surface area contributed by atoms with E-state index < -0.39 is 49.9 Å². The summed E-state index contributed by atoms with van der Waals surface area (Å²) in [7, 11) is 0. The van der Waals surface area contributed by atoms with E-state index in [0.29, 0.717) is 0 Å². The van der Waals surface area contributed by atoms with Gasteiger partial charge in [0.2, 0.25) is 0 Å². The van der Waals surface area contributed by atoms with E-state index in [0.717, 1.165) is 35.8 Å². The number of ether oxygens (including phenoxy) is 1. The number of esters is 2. The maximum atomic E-state index is 9.92. The lowest BCUT2D eigenvalue weighted by Gasteiger charge is -2.23. The van der Waals surface area contributed by atoms with E-state index in [9.17, 15) is 9.59 Å². The van der Waals surface area contributed by atoms with Crippen LogP contribution >= 0.6 is 0 Å². The van der Waals surface area contributed by atoms with Crippen LogP contribution in [0.2, 0.25) is 0 Å². The highest BCUT2D eigenvalue weighted by Gasteiger charge is 2.44. The molecule has 0 saturated heterocycles. The Balaban J connectivity index is 0.000000218. The van der Waals surface area contributed by atoms with Gasteiger partial charge in [0.15, 0.2) is 0 Å². The molecule has 0 aromatic carbocycles. The maximum Gasteiger partial charge on any atom is 0.338 e. The highest BCUT2D eigenvalue weighted by molar-refractivity contribution is 6.04. The van der Waals surface area contributed by atoms with Crippen LogP contribution in [0.1, 0.15) is 12.8 Å². The zero-order chi connectivity index (χ0) is 24.1. The van der Waals surface area contributed by atoms with Gasteiger partial charge >= 0.3 is 11.9 Å². The fraction of sp³-hybridized carbons (Fsp3) is 0.636. The first-order valence-corrected chi connectivity index (χ1v) is 10.4. The molecule has 4 aliphatic rings. The molecule has 1 heterocycles. The fourth-order valence-electron chi connectivity index (χ4n) is 3.63. The van der Waals surface area contributed by atoms with Crippen molar-refractivity contribution in [2.45, 2.75) is 18.9 Å². The molecule has 3 aliphatic carbocycles. The minimum atomic E-state index is -1.11. The van der Waals surface area contributed by atoms with Crippen LogP contribution in [0, 0.1) is 29.1 Å². The Morgan fingerprint density at radius 2 is 1.34 bits per heavy atom. The number of aliphatic hydroxyl groups is 7. The molecule has 2 bridgehead atoms. The van der Waals surface area contributed by atoms with Crippen molar-refractivity contribution in [1.29, 1.82) is 0 Å². The van der Waals surface area contributed by atoms with Gasteiger partial charge in [-0.05, 0) is 36.5 Å². The first-order valence-electron chi connectivity index (χ1n) is 10.4. The molecule has 0 aromatic rings. The van der Waals surface area contributed by atoms with Crippen LogP contribution in [-0.2, 0) is 14.3 Å². The van der Waals surface area contributed by atoms with Crippen molar-refractivity contribution in [3.8, 4) is 0 Å². The molecule has 4 atom stereocenters. The average molecular weight is 459 g/mol. The average Bonchev–Trinajstić information content (AvgIpc) is 3.60. The smallest absolute Gasteiger partial charge is 0.338 e. The predicted octanol–water partition coefficient (Wildman–Crippen LogP) is -1.72. The lowest BCUT2D eigenvalue weighted by Crippen LogP contribution is -2.37. The summed E-state index contributed by atoms with van der Waals surface area (Å²) in [6, 6.07) is 0. The Bertz CT molecular complexity index is 630. The van der Waals surface area contributed by atoms with E-state index in [1.807, 2.05) is 0 Å². The summed E-state index contributed by atoms with van der Waals surface area (Å²) in [5, 5.41) is 58.0. The number of carbonyl (C=O) groups is 2. The number of rotatable bonds is 6. The fourth-order valence-corrected chi connectivity index (χ4v) is 3.63. The summed E-state index contributed by atoms with van der Waals surface area (Å²) in [5.41, 5.74) is -1.11. The second-order valence-corrected chi connectivity index (χ2v) is 8.08. The molecule has 0 radical (unpaired) electrons. The Labute approximate surface area is 186 Å². The molecule has 1 aliphatic heterocycles. The van der Waals surface area contributed by atoms with E-state index in [4.69, 9.17) is 35.7 Å². The second kappa shape index (κ2) is 14.3. The van der Waals surface area contributed by atoms with Crippen molar-refractivity contribution < 1.29 is 50.1 Å². The molecule has 32 heavy (non-hydrogen) atoms. The molecule has 0 amide bonds. The Morgan fingerprint density at radius 1 is 0.844 bits per heavy atom. The normalized spacial score (nSPS) is 26.1. The number of aliphatic hydroxyl groups excluding tert-OH is 7. The number of hydrogen-bond donors (Lipinski definition) is 7. The molecule has 1 fully saturated rings. The Kier molecular flexibility index (Phi) is 12.5. The number of fused-ring (bicyclic) bond motifs is 5. The predicted molar refractivity (Wildman–Crippen MR) is 113 cm³/mol. The number of cyclic esters (lactones) is 2. The summed E-state index contributed by atoms with van der Waals surface area (Å²) in [6.07, 6.45) is 13.7. The quantitative estimate of drug-likeness (QED) is 0.137. The molecule has 0 spiro atoms. The summed E-state index contributed by atoms with van der Waals surface area (Å²) in [6.45, 7) is -2.35. The van der Waals surface area contributed by atoms with Gasteiger partial charge in [0, 0.05) is 12.2 Å². The van der Waals surface area contributed by atoms with E-state index in [1.165, 1.54) is 12.8 Å². The van der Waals surface area contributed by atoms with Crippen molar-refractivity contribution >= 4 is 11.9 Å². The lowest BCUT2D eigenvalue weighted by atomic mass is 9.86. The van der Waals surface area contributed by atoms with E-state index in [2.05, 4.69) is 29.0 Å². The van der Waals surface area contributed by atoms with Gasteiger partial charge < -0.3 is 40.5 Å². The molecule has 4 unspecified atom stereocenters. The second-order valence-electron chi connectivity index (χ2n) is 8.08. The zero-order valence-electron chi connectivity index (χ0n) is 17.9. The molecule has 182 valence electrons. The Hall–Kier alpha value is -1.92. The zero-order valence-corrected chi connectivity index (χ0v) is 17.9. The van der Waals surface area contributed by atoms with Crippen LogP contribution in [0.5, 0.6) is 0 Å². The minimum absolute atomic E-state index is 0.365. The van der Waals surface area contributed by atoms with Gasteiger partial charge in [-0.2, -0.15) is 0 Å². The summed E-state index contributed by atoms with van der Waals surface area (Å²) in [5.74, 6) is 2.67. The van der Waals surface area contributed by atoms with Gasteiger partial charge in [-0.1, -0.05) is 24.3 Å². The monoisotopic (exact) mass is 458 g/mol. The number of carbonyl (C=O) groups excluding carboxylic acids is 2. The molecule has 0 aromatic heterocycles. The van der Waals surface area contributed by atoms with Gasteiger partial charge in [0.05, 0.1) is 45.1 Å². The van der Waals surface area contributed by atoms with Crippen molar-refractivity contribution in [1.82, 2.24) is 0 Å². The van der Waals surface area contributed by atoms with E-state index in [-0.39, 0.29) is 13.2 Å². The van der Waals surface area contributed by atoms with Crippen LogP contribution in [0.25, 0.3) is 0 Å². The van der Waals surface area contributed by atoms with Crippen LogP contribution < -0.4 is 0 Å². The van der Waals surface area contributed by atoms with Crippen LogP contribution in [0.4, 0.5) is 0 Å².